The van der Waals surface area contributed by atoms with Crippen molar-refractivity contribution in [3.63, 3.8) is 0 Å². The Balaban J connectivity index is 1.32. The third kappa shape index (κ3) is 3.73. The van der Waals surface area contributed by atoms with Crippen LogP contribution in [0.1, 0.15) is 60.3 Å². The third-order valence-electron chi connectivity index (χ3n) is 9.87. The van der Waals surface area contributed by atoms with Gasteiger partial charge < -0.3 is 0 Å². The zero-order chi connectivity index (χ0) is 27.6. The fourth-order valence-electron chi connectivity index (χ4n) is 8.26. The van der Waals surface area contributed by atoms with Gasteiger partial charge in [0.15, 0.2) is 0 Å². The summed E-state index contributed by atoms with van der Waals surface area (Å²) in [6, 6.07) is 34.4. The van der Waals surface area contributed by atoms with E-state index in [0.29, 0.717) is 5.92 Å². The minimum atomic E-state index is -1.23. The van der Waals surface area contributed by atoms with Crippen molar-refractivity contribution in [2.24, 2.45) is 5.92 Å². The second-order valence-electron chi connectivity index (χ2n) is 11.8. The Hall–Kier alpha value is -3.34. The first-order chi connectivity index (χ1) is 20.2. The van der Waals surface area contributed by atoms with E-state index in [1.165, 1.54) is 33.4 Å². The molecule has 1 spiro atoms. The molecule has 0 saturated heterocycles. The van der Waals surface area contributed by atoms with Gasteiger partial charge in [-0.25, -0.2) is 4.21 Å². The molecule has 4 aromatic carbocycles. The Kier molecular flexibility index (Phi) is 6.12. The van der Waals surface area contributed by atoms with Crippen LogP contribution in [0.15, 0.2) is 130 Å². The fraction of sp³-hybridized carbons (Fsp3) is 0.243. The van der Waals surface area contributed by atoms with Crippen molar-refractivity contribution in [3.05, 3.63) is 142 Å². The maximum atomic E-state index is 13.9. The number of allylic oxidation sites excluding steroid dienone is 3. The van der Waals surface area contributed by atoms with E-state index in [0.717, 1.165) is 46.8 Å². The molecule has 4 aliphatic rings. The van der Waals surface area contributed by atoms with Gasteiger partial charge in [0, 0.05) is 19.9 Å². The van der Waals surface area contributed by atoms with Crippen molar-refractivity contribution < 1.29 is 8.42 Å². The summed E-state index contributed by atoms with van der Waals surface area (Å²) in [6.45, 7) is 0. The summed E-state index contributed by atoms with van der Waals surface area (Å²) in [7, 11) is -2.28. The molecule has 0 N–H and O–H groups in total. The van der Waals surface area contributed by atoms with E-state index in [2.05, 4.69) is 78.9 Å². The molecule has 0 aromatic heterocycles. The average Bonchev–Trinajstić information content (AvgIpc) is 3.51. The van der Waals surface area contributed by atoms with Gasteiger partial charge in [0.05, 0.1) is 27.0 Å². The molecule has 1 fully saturated rings. The van der Waals surface area contributed by atoms with Crippen molar-refractivity contribution in [2.45, 2.75) is 58.5 Å². The molecule has 204 valence electrons. The second-order valence-corrected chi connectivity index (χ2v) is 15.0. The molecule has 41 heavy (non-hydrogen) atoms. The summed E-state index contributed by atoms with van der Waals surface area (Å²) in [6.07, 6.45) is 11.1. The van der Waals surface area contributed by atoms with Gasteiger partial charge in [-0.15, -0.1) is 0 Å². The largest absolute Gasteiger partial charge is 0.254 e. The maximum absolute atomic E-state index is 13.9. The second kappa shape index (κ2) is 9.89. The first-order valence-corrected chi connectivity index (χ1v) is 17.1. The predicted molar refractivity (Wildman–Crippen MR) is 168 cm³/mol. The summed E-state index contributed by atoms with van der Waals surface area (Å²) in [5, 5.41) is 0.107. The van der Waals surface area contributed by atoms with Crippen molar-refractivity contribution in [2.75, 3.05) is 0 Å². The van der Waals surface area contributed by atoms with Crippen LogP contribution in [0.4, 0.5) is 0 Å². The number of fused-ring (bicyclic) bond motifs is 10. The molecule has 2 nitrogen and oxygen atoms in total. The number of rotatable bonds is 4. The van der Waals surface area contributed by atoms with Crippen molar-refractivity contribution >= 4 is 21.6 Å². The van der Waals surface area contributed by atoms with Gasteiger partial charge >= 0.3 is 0 Å². The van der Waals surface area contributed by atoms with Crippen molar-refractivity contribution in [1.29, 1.82) is 0 Å². The van der Waals surface area contributed by atoms with Gasteiger partial charge in [0.1, 0.15) is 0 Å². The molecule has 0 aliphatic heterocycles. The van der Waals surface area contributed by atoms with Crippen LogP contribution in [0.2, 0.25) is 0 Å². The molecular weight excluding hydrogens is 541 g/mol. The van der Waals surface area contributed by atoms with Gasteiger partial charge in [-0.1, -0.05) is 84.9 Å². The first-order valence-electron chi connectivity index (χ1n) is 14.8. The number of hydrogen-bond acceptors (Lipinski definition) is 2. The van der Waals surface area contributed by atoms with Crippen LogP contribution < -0.4 is 0 Å². The van der Waals surface area contributed by atoms with Crippen molar-refractivity contribution in [1.82, 2.24) is 0 Å². The molecule has 0 bridgehead atoms. The van der Waals surface area contributed by atoms with Crippen LogP contribution in [-0.2, 0) is 27.0 Å². The normalized spacial score (nSPS) is 26.9. The molecule has 6 unspecified atom stereocenters. The Bertz CT molecular complexity index is 1790. The molecular formula is C37H32O2S2. The van der Waals surface area contributed by atoms with Crippen LogP contribution in [0, 0.1) is 5.92 Å². The molecule has 1 saturated carbocycles. The lowest BCUT2D eigenvalue weighted by Crippen LogP contribution is -2.39. The van der Waals surface area contributed by atoms with Crippen LogP contribution in [0.5, 0.6) is 0 Å². The highest BCUT2D eigenvalue weighted by Gasteiger charge is 2.59. The highest BCUT2D eigenvalue weighted by molar-refractivity contribution is 7.89. The minimum Gasteiger partial charge on any atom is -0.254 e. The lowest BCUT2D eigenvalue weighted by atomic mass is 9.62. The molecule has 4 aromatic rings. The topological polar surface area (TPSA) is 34.1 Å². The van der Waals surface area contributed by atoms with E-state index >= 15 is 0 Å². The minimum absolute atomic E-state index is 0.107. The summed E-state index contributed by atoms with van der Waals surface area (Å²) >= 11 is 0. The molecule has 0 heterocycles. The summed E-state index contributed by atoms with van der Waals surface area (Å²) in [4.78, 5) is 2.70. The highest BCUT2D eigenvalue weighted by Crippen LogP contribution is 2.67. The predicted octanol–water partition coefficient (Wildman–Crippen LogP) is 8.42. The zero-order valence-corrected chi connectivity index (χ0v) is 24.5. The van der Waals surface area contributed by atoms with Crippen LogP contribution >= 0.6 is 0 Å². The Morgan fingerprint density at radius 3 is 2.27 bits per heavy atom. The fourth-order valence-corrected chi connectivity index (χ4v) is 11.0. The lowest BCUT2D eigenvalue weighted by molar-refractivity contribution is 0.269. The monoisotopic (exact) mass is 572 g/mol. The lowest BCUT2D eigenvalue weighted by Gasteiger charge is -2.42. The first kappa shape index (κ1) is 25.4. The molecule has 0 amide bonds. The smallest absolute Gasteiger partial charge is 0.0846 e. The Labute approximate surface area is 247 Å². The summed E-state index contributed by atoms with van der Waals surface area (Å²) in [5.41, 5.74) is 7.62. The molecule has 8 rings (SSSR count). The van der Waals surface area contributed by atoms with Crippen LogP contribution in [0.3, 0.4) is 0 Å². The van der Waals surface area contributed by atoms with Crippen molar-refractivity contribution in [3.8, 4) is 11.1 Å². The Morgan fingerprint density at radius 1 is 0.683 bits per heavy atom. The number of benzene rings is 4. The van der Waals surface area contributed by atoms with Gasteiger partial charge in [0.25, 0.3) is 0 Å². The van der Waals surface area contributed by atoms with Gasteiger partial charge in [-0.2, -0.15) is 0 Å². The number of hydrogen-bond donors (Lipinski definition) is 0. The van der Waals surface area contributed by atoms with Gasteiger partial charge in [-0.3, -0.25) is 4.21 Å². The standard InChI is InChI=1S/C37H32O2S2/c38-40(25-11-3-1-4-12-25)27-19-21-31-29-15-7-9-17-33(29)37(35(31)23-27)34-18-10-8-16-30(34)32-22-20-28(24-36(32)37)41(39)26-13-5-2-6-14-26/h1,3-5,7-18,20,22,24,27,31,35H,2,6,19,21,23H2. The maximum Gasteiger partial charge on any atom is 0.0846 e. The highest BCUT2D eigenvalue weighted by atomic mass is 32.2. The van der Waals surface area contributed by atoms with E-state index < -0.39 is 21.6 Å². The quantitative estimate of drug-likeness (QED) is 0.246. The van der Waals surface area contributed by atoms with E-state index in [1.807, 2.05) is 36.4 Å². The zero-order valence-electron chi connectivity index (χ0n) is 22.9. The Morgan fingerprint density at radius 2 is 1.44 bits per heavy atom. The molecule has 4 heteroatoms. The SMILES string of the molecule is O=S(C1=CCCC=C1)c1ccc2c(c1)C1(c3ccccc3-2)c2ccccc2C2CCC(S(=O)c3ccccc3)CC21. The van der Waals surface area contributed by atoms with E-state index in [9.17, 15) is 8.42 Å². The van der Waals surface area contributed by atoms with Gasteiger partial charge in [-0.05, 0) is 108 Å². The third-order valence-corrected chi connectivity index (χ3v) is 13.1. The van der Waals surface area contributed by atoms with E-state index in [-0.39, 0.29) is 16.6 Å². The molecule has 4 aliphatic carbocycles. The molecule has 6 atom stereocenters. The van der Waals surface area contributed by atoms with Crippen LogP contribution in [0.25, 0.3) is 11.1 Å². The van der Waals surface area contributed by atoms with E-state index in [4.69, 9.17) is 0 Å². The molecule has 0 radical (unpaired) electrons. The van der Waals surface area contributed by atoms with E-state index in [1.54, 1.807) is 0 Å². The summed E-state index contributed by atoms with van der Waals surface area (Å²) in [5.74, 6) is 0.693. The summed E-state index contributed by atoms with van der Waals surface area (Å²) < 4.78 is 27.8. The average molecular weight is 573 g/mol. The van der Waals surface area contributed by atoms with Crippen LogP contribution in [-0.4, -0.2) is 13.7 Å². The van der Waals surface area contributed by atoms with Gasteiger partial charge in [0.2, 0.25) is 0 Å².